The molecule has 4 N–H and O–H groups in total. The molecular weight excluding hydrogens is 580 g/mol. The van der Waals surface area contributed by atoms with Crippen molar-refractivity contribution in [1.29, 1.82) is 0 Å². The molecule has 248 valence electrons. The van der Waals surface area contributed by atoms with E-state index in [2.05, 4.69) is 24.5 Å². The van der Waals surface area contributed by atoms with Gasteiger partial charge in [0.1, 0.15) is 17.7 Å². The second-order valence-electron chi connectivity index (χ2n) is 13.6. The van der Waals surface area contributed by atoms with Gasteiger partial charge in [0.15, 0.2) is 0 Å². The van der Waals surface area contributed by atoms with Crippen molar-refractivity contribution in [3.8, 4) is 0 Å². The summed E-state index contributed by atoms with van der Waals surface area (Å²) in [6.07, 6.45) is 0.435. The summed E-state index contributed by atoms with van der Waals surface area (Å²) in [4.78, 5) is 55.5. The quantitative estimate of drug-likeness (QED) is 0.188. The van der Waals surface area contributed by atoms with E-state index >= 15 is 0 Å². The molecule has 3 atom stereocenters. The zero-order valence-corrected chi connectivity index (χ0v) is 28.5. The van der Waals surface area contributed by atoms with E-state index in [0.29, 0.717) is 23.6 Å². The third-order valence-electron chi connectivity index (χ3n) is 7.82. The smallest absolute Gasteiger partial charge is 0.408 e. The first kappa shape index (κ1) is 36.1. The van der Waals surface area contributed by atoms with Crippen LogP contribution in [0.15, 0.2) is 60.7 Å². The molecular formula is C37H50N4O5. The van der Waals surface area contributed by atoms with Crippen LogP contribution in [0.25, 0.3) is 10.8 Å². The highest BCUT2D eigenvalue weighted by molar-refractivity contribution is 6.00. The number of carbonyl (C=O) groups excluding carboxylic acids is 4. The van der Waals surface area contributed by atoms with Crippen molar-refractivity contribution >= 4 is 40.3 Å². The summed E-state index contributed by atoms with van der Waals surface area (Å²) in [6.45, 7) is 15.2. The number of carbonyl (C=O) groups is 4. The fraction of sp³-hybridized carbons (Fsp3) is 0.459. The summed E-state index contributed by atoms with van der Waals surface area (Å²) in [5.74, 6) is -1.14. The Hall–Kier alpha value is -4.40. The van der Waals surface area contributed by atoms with Gasteiger partial charge >= 0.3 is 6.09 Å². The van der Waals surface area contributed by atoms with Crippen molar-refractivity contribution in [2.45, 2.75) is 105 Å². The van der Waals surface area contributed by atoms with Gasteiger partial charge in [-0.1, -0.05) is 67.9 Å². The van der Waals surface area contributed by atoms with Crippen LogP contribution in [0.1, 0.15) is 90.0 Å². The van der Waals surface area contributed by atoms with Crippen LogP contribution in [0.4, 0.5) is 10.5 Å². The van der Waals surface area contributed by atoms with Crippen LogP contribution in [0, 0.1) is 19.8 Å². The minimum absolute atomic E-state index is 0.0489. The van der Waals surface area contributed by atoms with Crippen LogP contribution in [0.2, 0.25) is 0 Å². The first-order valence-corrected chi connectivity index (χ1v) is 16.0. The Bertz CT molecular complexity index is 1540. The molecule has 0 aliphatic heterocycles. The summed E-state index contributed by atoms with van der Waals surface area (Å²) in [5.41, 5.74) is 7.79. The number of primary amides is 1. The number of hydrogen-bond acceptors (Lipinski definition) is 5. The van der Waals surface area contributed by atoms with Gasteiger partial charge < -0.3 is 26.0 Å². The minimum Gasteiger partial charge on any atom is -0.444 e. The van der Waals surface area contributed by atoms with Gasteiger partial charge in [-0.3, -0.25) is 14.4 Å². The van der Waals surface area contributed by atoms with Crippen molar-refractivity contribution in [1.82, 2.24) is 10.2 Å². The number of anilines is 1. The monoisotopic (exact) mass is 630 g/mol. The zero-order valence-electron chi connectivity index (χ0n) is 28.5. The highest BCUT2D eigenvalue weighted by atomic mass is 16.6. The number of amides is 4. The summed E-state index contributed by atoms with van der Waals surface area (Å²) >= 11 is 0. The van der Waals surface area contributed by atoms with Crippen molar-refractivity contribution in [2.75, 3.05) is 5.32 Å². The van der Waals surface area contributed by atoms with Crippen molar-refractivity contribution in [3.05, 3.63) is 77.4 Å². The number of benzene rings is 3. The molecule has 4 amide bonds. The topological polar surface area (TPSA) is 131 Å². The number of nitrogens with two attached hydrogens (primary N) is 1. The first-order valence-electron chi connectivity index (χ1n) is 16.0. The number of alkyl carbamates (subject to hydrolysis) is 1. The van der Waals surface area contributed by atoms with Gasteiger partial charge in [-0.15, -0.1) is 0 Å². The van der Waals surface area contributed by atoms with E-state index in [0.717, 1.165) is 28.3 Å². The van der Waals surface area contributed by atoms with E-state index in [1.807, 2.05) is 81.4 Å². The maximum Gasteiger partial charge on any atom is 0.408 e. The normalized spacial score (nSPS) is 13.5. The zero-order chi connectivity index (χ0) is 34.2. The second-order valence-corrected chi connectivity index (χ2v) is 13.6. The molecule has 0 aromatic heterocycles. The molecule has 0 heterocycles. The molecule has 0 bridgehead atoms. The molecule has 46 heavy (non-hydrogen) atoms. The van der Waals surface area contributed by atoms with E-state index in [1.165, 1.54) is 0 Å². The van der Waals surface area contributed by atoms with Gasteiger partial charge in [-0.05, 0) is 101 Å². The molecule has 0 spiro atoms. The number of nitrogens with zero attached hydrogens (tertiary/aromatic N) is 1. The highest BCUT2D eigenvalue weighted by Gasteiger charge is 2.39. The molecule has 9 nitrogen and oxygen atoms in total. The van der Waals surface area contributed by atoms with Gasteiger partial charge in [-0.2, -0.15) is 0 Å². The third-order valence-corrected chi connectivity index (χ3v) is 7.82. The molecule has 3 unspecified atom stereocenters. The summed E-state index contributed by atoms with van der Waals surface area (Å²) in [7, 11) is 0. The Labute approximate surface area is 273 Å². The van der Waals surface area contributed by atoms with E-state index in [4.69, 9.17) is 10.5 Å². The third kappa shape index (κ3) is 10.3. The highest BCUT2D eigenvalue weighted by Crippen LogP contribution is 2.32. The fourth-order valence-corrected chi connectivity index (χ4v) is 5.51. The Morgan fingerprint density at radius 3 is 2.15 bits per heavy atom. The fourth-order valence-electron chi connectivity index (χ4n) is 5.51. The molecule has 3 rings (SSSR count). The molecule has 0 aliphatic rings. The largest absolute Gasteiger partial charge is 0.444 e. The molecule has 0 saturated carbocycles. The molecule has 0 saturated heterocycles. The SMILES string of the molecule is Cc1ccc(C(C(=O)Nc2ccc3ccccc3c2)N(C(=O)C(CCC(N)=O)NC(=O)OC(C)(C)C)C(C)CCC(C)C)c(C)c1. The number of fused-ring (bicyclic) bond motifs is 1. The molecule has 0 radical (unpaired) electrons. The Morgan fingerprint density at radius 1 is 0.870 bits per heavy atom. The van der Waals surface area contributed by atoms with Crippen LogP contribution in [0.5, 0.6) is 0 Å². The van der Waals surface area contributed by atoms with E-state index in [-0.39, 0.29) is 12.8 Å². The Balaban J connectivity index is 2.14. The standard InChI is InChI=1S/C37H50N4O5/c1-23(2)13-15-26(5)41(35(44)31(19-20-32(38)42)40-36(45)46-37(6,7)8)33(30-18-14-24(3)21-25(30)4)34(43)39-29-17-16-27-11-9-10-12-28(27)22-29/h9-12,14,16-18,21-23,26,31,33H,13,15,19-20H2,1-8H3,(H2,38,42)(H,39,43)(H,40,45). The number of nitrogens with one attached hydrogen (secondary N) is 2. The predicted molar refractivity (Wildman–Crippen MR) is 183 cm³/mol. The maximum absolute atomic E-state index is 14.7. The lowest BCUT2D eigenvalue weighted by Gasteiger charge is -2.39. The molecule has 0 aliphatic carbocycles. The lowest BCUT2D eigenvalue weighted by molar-refractivity contribution is -0.143. The number of rotatable bonds is 13. The summed E-state index contributed by atoms with van der Waals surface area (Å²) in [5, 5.41) is 7.75. The predicted octanol–water partition coefficient (Wildman–Crippen LogP) is 6.95. The average molecular weight is 631 g/mol. The average Bonchev–Trinajstić information content (AvgIpc) is 2.95. The van der Waals surface area contributed by atoms with Gasteiger partial charge in [-0.25, -0.2) is 4.79 Å². The van der Waals surface area contributed by atoms with E-state index in [9.17, 15) is 19.2 Å². The van der Waals surface area contributed by atoms with E-state index < -0.39 is 47.5 Å². The second kappa shape index (κ2) is 15.7. The van der Waals surface area contributed by atoms with Crippen LogP contribution in [-0.4, -0.2) is 46.4 Å². The molecule has 3 aromatic carbocycles. The van der Waals surface area contributed by atoms with Crippen molar-refractivity contribution in [3.63, 3.8) is 0 Å². The van der Waals surface area contributed by atoms with Gasteiger partial charge in [0.2, 0.25) is 11.8 Å². The summed E-state index contributed by atoms with van der Waals surface area (Å²) < 4.78 is 5.47. The lowest BCUT2D eigenvalue weighted by Crippen LogP contribution is -2.55. The van der Waals surface area contributed by atoms with Crippen LogP contribution in [-0.2, 0) is 19.1 Å². The van der Waals surface area contributed by atoms with Crippen molar-refractivity contribution in [2.24, 2.45) is 11.7 Å². The van der Waals surface area contributed by atoms with E-state index in [1.54, 1.807) is 25.7 Å². The number of hydrogen-bond donors (Lipinski definition) is 3. The molecule has 9 heteroatoms. The molecule has 0 fully saturated rings. The minimum atomic E-state index is -1.16. The van der Waals surface area contributed by atoms with Crippen LogP contribution in [0.3, 0.4) is 0 Å². The number of ether oxygens (including phenoxy) is 1. The van der Waals surface area contributed by atoms with Crippen LogP contribution < -0.4 is 16.4 Å². The van der Waals surface area contributed by atoms with Gasteiger partial charge in [0.05, 0.1) is 0 Å². The maximum atomic E-state index is 14.7. The first-order chi connectivity index (χ1) is 21.6. The van der Waals surface area contributed by atoms with Crippen molar-refractivity contribution < 1.29 is 23.9 Å². The number of aryl methyl sites for hydroxylation is 2. The van der Waals surface area contributed by atoms with Gasteiger partial charge in [0.25, 0.3) is 5.91 Å². The molecule has 3 aromatic rings. The summed E-state index contributed by atoms with van der Waals surface area (Å²) in [6, 6.07) is 16.7. The Morgan fingerprint density at radius 2 is 1.54 bits per heavy atom. The van der Waals surface area contributed by atoms with Gasteiger partial charge in [0, 0.05) is 18.2 Å². The Kier molecular flexibility index (Phi) is 12.3. The van der Waals surface area contributed by atoms with Crippen LogP contribution >= 0.6 is 0 Å². The lowest BCUT2D eigenvalue weighted by atomic mass is 9.93.